The molecule has 0 N–H and O–H groups in total. The van der Waals surface area contributed by atoms with Gasteiger partial charge in [-0.15, -0.1) is 11.3 Å². The maximum absolute atomic E-state index is 7.21. The lowest BCUT2D eigenvalue weighted by atomic mass is 10.0. The Morgan fingerprint density at radius 3 is 1.68 bits per heavy atom. The van der Waals surface area contributed by atoms with E-state index in [1.54, 1.807) is 0 Å². The molecule has 5 aromatic carbocycles. The van der Waals surface area contributed by atoms with Crippen molar-refractivity contribution in [2.24, 2.45) is 0 Å². The van der Waals surface area contributed by atoms with Gasteiger partial charge in [-0.1, -0.05) is 97.1 Å². The summed E-state index contributed by atoms with van der Waals surface area (Å²) < 4.78 is 2.64. The molecule has 0 aliphatic heterocycles. The second-order valence-corrected chi connectivity index (χ2v) is 11.2. The largest absolute Gasteiger partial charge is 0.245 e. The van der Waals surface area contributed by atoms with Crippen molar-refractivity contribution in [3.05, 3.63) is 139 Å². The Morgan fingerprint density at radius 2 is 1.02 bits per heavy atom. The van der Waals surface area contributed by atoms with Gasteiger partial charge in [0.15, 0.2) is 5.69 Å². The van der Waals surface area contributed by atoms with E-state index in [9.17, 15) is 0 Å². The van der Waals surface area contributed by atoms with Gasteiger partial charge < -0.3 is 0 Å². The first kappa shape index (κ1) is 23.5. The van der Waals surface area contributed by atoms with E-state index in [1.807, 2.05) is 41.7 Å². The minimum atomic E-state index is 0.623. The molecule has 8 rings (SSSR count). The lowest BCUT2D eigenvalue weighted by Gasteiger charge is -2.09. The average Bonchev–Trinajstić information content (AvgIpc) is 3.42. The average molecular weight is 540 g/mol. The summed E-state index contributed by atoms with van der Waals surface area (Å²) in [6.45, 7) is 7.21. The normalized spacial score (nSPS) is 11.4. The fourth-order valence-electron chi connectivity index (χ4n) is 5.54. The van der Waals surface area contributed by atoms with Crippen LogP contribution in [0.2, 0.25) is 0 Å². The molecule has 3 aromatic heterocycles. The van der Waals surface area contributed by atoms with E-state index in [2.05, 4.69) is 102 Å². The first-order chi connectivity index (χ1) is 20.2. The second-order valence-electron chi connectivity index (χ2n) is 10.1. The number of benzene rings is 5. The van der Waals surface area contributed by atoms with Crippen molar-refractivity contribution >= 4 is 59.0 Å². The van der Waals surface area contributed by atoms with Crippen molar-refractivity contribution in [3.63, 3.8) is 0 Å². The van der Waals surface area contributed by atoms with Crippen LogP contribution in [0.15, 0.2) is 127 Å². The predicted octanol–water partition coefficient (Wildman–Crippen LogP) is 10.7. The Morgan fingerprint density at radius 1 is 0.488 bits per heavy atom. The van der Waals surface area contributed by atoms with Crippen LogP contribution in [-0.4, -0.2) is 9.97 Å². The first-order valence-electron chi connectivity index (χ1n) is 13.4. The van der Waals surface area contributed by atoms with E-state index in [0.29, 0.717) is 5.69 Å². The summed E-state index contributed by atoms with van der Waals surface area (Å²) in [6, 6.07) is 44.1. The molecule has 3 heterocycles. The summed E-state index contributed by atoms with van der Waals surface area (Å²) in [5, 5.41) is 4.73. The molecule has 0 amide bonds. The number of pyridine rings is 2. The number of thiophene rings is 1. The van der Waals surface area contributed by atoms with E-state index < -0.39 is 0 Å². The van der Waals surface area contributed by atoms with Crippen LogP contribution in [0.4, 0.5) is 5.69 Å². The monoisotopic (exact) mass is 539 g/mol. The van der Waals surface area contributed by atoms with Crippen molar-refractivity contribution in [1.29, 1.82) is 0 Å². The molecule has 0 saturated carbocycles. The summed E-state index contributed by atoms with van der Waals surface area (Å²) in [7, 11) is 0. The molecule has 0 unspecified atom stereocenters. The van der Waals surface area contributed by atoms with Gasteiger partial charge >= 0.3 is 0 Å². The summed E-state index contributed by atoms with van der Waals surface area (Å²) in [6.07, 6.45) is 0. The van der Waals surface area contributed by atoms with Gasteiger partial charge in [0.25, 0.3) is 0 Å². The van der Waals surface area contributed by atoms with Crippen molar-refractivity contribution in [2.75, 3.05) is 0 Å². The van der Waals surface area contributed by atoms with Crippen LogP contribution in [-0.2, 0) is 0 Å². The van der Waals surface area contributed by atoms with Gasteiger partial charge in [0, 0.05) is 36.5 Å². The molecule has 0 radical (unpaired) electrons. The lowest BCUT2D eigenvalue weighted by molar-refractivity contribution is 1.37. The number of nitrogens with zero attached hydrogens (tertiary/aromatic N) is 3. The van der Waals surface area contributed by atoms with Crippen LogP contribution in [0.25, 0.3) is 80.5 Å². The minimum absolute atomic E-state index is 0.623. The second kappa shape index (κ2) is 9.38. The third-order valence-electron chi connectivity index (χ3n) is 7.70. The number of rotatable bonds is 3. The fraction of sp³-hybridized carbons (Fsp3) is 0. The topological polar surface area (TPSA) is 30.1 Å². The van der Waals surface area contributed by atoms with Crippen LogP contribution < -0.4 is 0 Å². The van der Waals surface area contributed by atoms with Gasteiger partial charge in [-0.25, -0.2) is 14.8 Å². The summed E-state index contributed by atoms with van der Waals surface area (Å²) in [5.41, 5.74) is 8.63. The molecule has 190 valence electrons. The molecule has 0 fully saturated rings. The summed E-state index contributed by atoms with van der Waals surface area (Å²) in [5.74, 6) is 0. The standard InChI is InChI=1S/C37H21N3S/c1-38-29-17-12-25(13-18-29)33-20-15-27-11-10-26-14-19-32(39-36(26)37(27)40-33)24-8-6-23(7-9-24)28-16-21-35-31(22-28)30-4-2-3-5-34(30)41-35/h2-22H. The summed E-state index contributed by atoms with van der Waals surface area (Å²) >= 11 is 1.84. The Bertz CT molecular complexity index is 2310. The van der Waals surface area contributed by atoms with Crippen LogP contribution in [0.5, 0.6) is 0 Å². The Hall–Kier alpha value is -5.37. The van der Waals surface area contributed by atoms with Crippen molar-refractivity contribution in [2.45, 2.75) is 0 Å². The third kappa shape index (κ3) is 4.03. The number of hydrogen-bond acceptors (Lipinski definition) is 3. The molecule has 3 nitrogen and oxygen atoms in total. The highest BCUT2D eigenvalue weighted by Crippen LogP contribution is 2.37. The zero-order chi connectivity index (χ0) is 27.3. The lowest BCUT2D eigenvalue weighted by Crippen LogP contribution is -1.91. The van der Waals surface area contributed by atoms with Crippen molar-refractivity contribution in [3.8, 4) is 33.6 Å². The molecule has 41 heavy (non-hydrogen) atoms. The zero-order valence-corrected chi connectivity index (χ0v) is 22.7. The highest BCUT2D eigenvalue weighted by molar-refractivity contribution is 7.25. The number of aromatic nitrogens is 2. The van der Waals surface area contributed by atoms with E-state index >= 15 is 0 Å². The molecule has 0 aliphatic rings. The fourth-order valence-corrected chi connectivity index (χ4v) is 6.62. The molecule has 0 bridgehead atoms. The van der Waals surface area contributed by atoms with Crippen LogP contribution in [0.1, 0.15) is 0 Å². The van der Waals surface area contributed by atoms with Crippen LogP contribution in [0, 0.1) is 6.57 Å². The highest BCUT2D eigenvalue weighted by atomic mass is 32.1. The van der Waals surface area contributed by atoms with E-state index in [0.717, 1.165) is 44.3 Å². The SMILES string of the molecule is [C-]#[N+]c1ccc(-c2ccc3ccc4ccc(-c5ccc(-c6ccc7sc8ccccc8c7c6)cc5)nc4c3n2)cc1. The molecule has 0 spiro atoms. The first-order valence-corrected chi connectivity index (χ1v) is 14.3. The Labute approximate surface area is 240 Å². The zero-order valence-electron chi connectivity index (χ0n) is 21.9. The molecular formula is C37H21N3S. The van der Waals surface area contributed by atoms with Crippen molar-refractivity contribution < 1.29 is 0 Å². The predicted molar refractivity (Wildman–Crippen MR) is 173 cm³/mol. The Balaban J connectivity index is 1.18. The molecular weight excluding hydrogens is 518 g/mol. The Kier molecular flexibility index (Phi) is 5.38. The third-order valence-corrected chi connectivity index (χ3v) is 8.85. The van der Waals surface area contributed by atoms with Gasteiger partial charge in [0.2, 0.25) is 0 Å². The maximum atomic E-state index is 7.21. The van der Waals surface area contributed by atoms with Crippen LogP contribution >= 0.6 is 11.3 Å². The number of hydrogen-bond donors (Lipinski definition) is 0. The molecule has 4 heteroatoms. The molecule has 0 aliphatic carbocycles. The van der Waals surface area contributed by atoms with Gasteiger partial charge in [-0.05, 0) is 47.0 Å². The van der Waals surface area contributed by atoms with Gasteiger partial charge in [0.05, 0.1) is 29.0 Å². The molecule has 0 saturated heterocycles. The van der Waals surface area contributed by atoms with E-state index in [4.69, 9.17) is 16.5 Å². The molecule has 0 atom stereocenters. The highest BCUT2D eigenvalue weighted by Gasteiger charge is 2.10. The quantitative estimate of drug-likeness (QED) is 0.165. The van der Waals surface area contributed by atoms with E-state index in [1.165, 1.54) is 31.3 Å². The smallest absolute Gasteiger partial charge is 0.187 e. The molecule has 8 aromatic rings. The van der Waals surface area contributed by atoms with Gasteiger partial charge in [-0.2, -0.15) is 0 Å². The van der Waals surface area contributed by atoms with Crippen molar-refractivity contribution in [1.82, 2.24) is 9.97 Å². The van der Waals surface area contributed by atoms with E-state index in [-0.39, 0.29) is 0 Å². The summed E-state index contributed by atoms with van der Waals surface area (Å²) in [4.78, 5) is 13.6. The minimum Gasteiger partial charge on any atom is -0.245 e. The number of fused-ring (bicyclic) bond motifs is 6. The van der Waals surface area contributed by atoms with Crippen LogP contribution in [0.3, 0.4) is 0 Å². The maximum Gasteiger partial charge on any atom is 0.187 e. The van der Waals surface area contributed by atoms with Gasteiger partial charge in [0.1, 0.15) is 0 Å². The van der Waals surface area contributed by atoms with Gasteiger partial charge in [-0.3, -0.25) is 0 Å².